The van der Waals surface area contributed by atoms with E-state index in [0.717, 1.165) is 31.5 Å². The van der Waals surface area contributed by atoms with Gasteiger partial charge < -0.3 is 10.2 Å². The lowest BCUT2D eigenvalue weighted by atomic mass is 9.96. The molecule has 1 aliphatic heterocycles. The van der Waals surface area contributed by atoms with E-state index in [0.29, 0.717) is 19.0 Å². The van der Waals surface area contributed by atoms with Crippen LogP contribution in [-0.2, 0) is 14.6 Å². The zero-order valence-corrected chi connectivity index (χ0v) is 15.0. The molecule has 1 saturated heterocycles. The molecule has 0 aliphatic carbocycles. The summed E-state index contributed by atoms with van der Waals surface area (Å²) in [6.07, 6.45) is 1.87. The summed E-state index contributed by atoms with van der Waals surface area (Å²) in [6.45, 7) is 3.93. The maximum Gasteiger partial charge on any atom is 0.226 e. The molecule has 1 fully saturated rings. The van der Waals surface area contributed by atoms with Crippen molar-refractivity contribution < 1.29 is 17.6 Å². The number of benzene rings is 1. The van der Waals surface area contributed by atoms with Crippen molar-refractivity contribution >= 4 is 15.7 Å². The monoisotopic (exact) mass is 356 g/mol. The number of halogens is 1. The van der Waals surface area contributed by atoms with Crippen LogP contribution in [0.3, 0.4) is 0 Å². The summed E-state index contributed by atoms with van der Waals surface area (Å²) in [4.78, 5) is 14.3. The van der Waals surface area contributed by atoms with Crippen LogP contribution in [0.15, 0.2) is 29.2 Å². The first-order chi connectivity index (χ1) is 11.3. The Morgan fingerprint density at radius 2 is 1.88 bits per heavy atom. The van der Waals surface area contributed by atoms with E-state index in [1.54, 1.807) is 11.8 Å². The summed E-state index contributed by atoms with van der Waals surface area (Å²) < 4.78 is 37.7. The molecule has 1 aromatic carbocycles. The van der Waals surface area contributed by atoms with Crippen LogP contribution in [0.25, 0.3) is 0 Å². The minimum absolute atomic E-state index is 0.0521. The number of rotatable bonds is 6. The summed E-state index contributed by atoms with van der Waals surface area (Å²) in [6, 6.07) is 4.72. The third kappa shape index (κ3) is 4.77. The molecule has 2 rings (SSSR count). The molecule has 1 heterocycles. The molecule has 24 heavy (non-hydrogen) atoms. The Balaban J connectivity index is 1.95. The van der Waals surface area contributed by atoms with Crippen LogP contribution in [0.1, 0.15) is 19.8 Å². The van der Waals surface area contributed by atoms with E-state index in [4.69, 9.17) is 0 Å². The molecule has 0 saturated carbocycles. The molecule has 7 heteroatoms. The summed E-state index contributed by atoms with van der Waals surface area (Å²) in [7, 11) is -1.69. The Morgan fingerprint density at radius 1 is 1.29 bits per heavy atom. The van der Waals surface area contributed by atoms with E-state index < -0.39 is 21.6 Å². The minimum atomic E-state index is -3.60. The molecule has 1 aliphatic rings. The second kappa shape index (κ2) is 8.07. The number of nitrogens with zero attached hydrogens (tertiary/aromatic N) is 1. The quantitative estimate of drug-likeness (QED) is 0.788. The predicted octanol–water partition coefficient (Wildman–Crippen LogP) is 1.69. The molecule has 1 atom stereocenters. The summed E-state index contributed by atoms with van der Waals surface area (Å²) in [5, 5.41) is 3.15. The smallest absolute Gasteiger partial charge is 0.226 e. The van der Waals surface area contributed by atoms with Crippen molar-refractivity contribution in [1.29, 1.82) is 0 Å². The van der Waals surface area contributed by atoms with Crippen molar-refractivity contribution in [2.45, 2.75) is 24.7 Å². The highest BCUT2D eigenvalue weighted by Gasteiger charge is 2.29. The lowest BCUT2D eigenvalue weighted by Gasteiger charge is -2.33. The van der Waals surface area contributed by atoms with E-state index in [2.05, 4.69) is 5.32 Å². The van der Waals surface area contributed by atoms with E-state index >= 15 is 0 Å². The van der Waals surface area contributed by atoms with Gasteiger partial charge in [0, 0.05) is 19.0 Å². The molecule has 0 spiro atoms. The van der Waals surface area contributed by atoms with Crippen molar-refractivity contribution in [3.8, 4) is 0 Å². The number of likely N-dealkylation sites (tertiary alicyclic amines) is 1. The van der Waals surface area contributed by atoms with Crippen molar-refractivity contribution in [3.05, 3.63) is 30.1 Å². The van der Waals surface area contributed by atoms with Gasteiger partial charge in [-0.25, -0.2) is 12.8 Å². The molecule has 1 aromatic rings. The van der Waals surface area contributed by atoms with Gasteiger partial charge in [0.2, 0.25) is 5.91 Å². The molecular weight excluding hydrogens is 331 g/mol. The van der Waals surface area contributed by atoms with Gasteiger partial charge in [0.1, 0.15) is 5.82 Å². The number of sulfone groups is 1. The van der Waals surface area contributed by atoms with Gasteiger partial charge in [-0.2, -0.15) is 0 Å². The van der Waals surface area contributed by atoms with Crippen LogP contribution in [0, 0.1) is 17.7 Å². The number of carbonyl (C=O) groups excluding carboxylic acids is 1. The highest BCUT2D eigenvalue weighted by molar-refractivity contribution is 7.91. The molecule has 0 radical (unpaired) electrons. The van der Waals surface area contributed by atoms with E-state index in [-0.39, 0.29) is 16.6 Å². The third-order valence-corrected chi connectivity index (χ3v) is 6.41. The number of hydrogen-bond acceptors (Lipinski definition) is 4. The predicted molar refractivity (Wildman–Crippen MR) is 90.8 cm³/mol. The molecular formula is C17H25FN2O3S. The van der Waals surface area contributed by atoms with Crippen LogP contribution in [0.4, 0.5) is 4.39 Å². The molecule has 0 aromatic heterocycles. The SMILES string of the molecule is CNCC1CCN(C(=O)C(C)CS(=O)(=O)c2ccc(F)cc2)CC1. The summed E-state index contributed by atoms with van der Waals surface area (Å²) in [5.41, 5.74) is 0. The maximum absolute atomic E-state index is 12.9. The van der Waals surface area contributed by atoms with Gasteiger partial charge >= 0.3 is 0 Å². The van der Waals surface area contributed by atoms with Gasteiger partial charge in [-0.3, -0.25) is 4.79 Å². The maximum atomic E-state index is 12.9. The molecule has 1 amide bonds. The molecule has 0 bridgehead atoms. The average molecular weight is 356 g/mol. The summed E-state index contributed by atoms with van der Waals surface area (Å²) in [5.74, 6) is -0.905. The first-order valence-corrected chi connectivity index (χ1v) is 9.90. The largest absolute Gasteiger partial charge is 0.342 e. The van der Waals surface area contributed by atoms with Crippen LogP contribution < -0.4 is 5.32 Å². The Morgan fingerprint density at radius 3 is 2.42 bits per heavy atom. The van der Waals surface area contributed by atoms with Gasteiger partial charge in [0.15, 0.2) is 9.84 Å². The van der Waals surface area contributed by atoms with Crippen LogP contribution in [0.2, 0.25) is 0 Å². The number of carbonyl (C=O) groups is 1. The fourth-order valence-electron chi connectivity index (χ4n) is 3.10. The van der Waals surface area contributed by atoms with Gasteiger partial charge in [-0.1, -0.05) is 6.92 Å². The number of piperidine rings is 1. The first-order valence-electron chi connectivity index (χ1n) is 8.25. The van der Waals surface area contributed by atoms with E-state index in [9.17, 15) is 17.6 Å². The second-order valence-corrected chi connectivity index (χ2v) is 8.50. The van der Waals surface area contributed by atoms with Crippen LogP contribution >= 0.6 is 0 Å². The summed E-state index contributed by atoms with van der Waals surface area (Å²) >= 11 is 0. The van der Waals surface area contributed by atoms with Gasteiger partial charge in [0.25, 0.3) is 0 Å². The van der Waals surface area contributed by atoms with E-state index in [1.165, 1.54) is 12.1 Å². The Hall–Kier alpha value is -1.47. The molecule has 134 valence electrons. The first kappa shape index (κ1) is 18.9. The lowest BCUT2D eigenvalue weighted by Crippen LogP contribution is -2.43. The second-order valence-electron chi connectivity index (χ2n) is 6.46. The minimum Gasteiger partial charge on any atom is -0.342 e. The van der Waals surface area contributed by atoms with E-state index in [1.807, 2.05) is 7.05 Å². The fraction of sp³-hybridized carbons (Fsp3) is 0.588. The van der Waals surface area contributed by atoms with Crippen molar-refractivity contribution in [1.82, 2.24) is 10.2 Å². The van der Waals surface area contributed by atoms with Crippen molar-refractivity contribution in [3.63, 3.8) is 0 Å². The standard InChI is InChI=1S/C17H25FN2O3S/c1-13(12-24(22,23)16-5-3-15(18)4-6-16)17(21)20-9-7-14(8-10-20)11-19-2/h3-6,13-14,19H,7-12H2,1-2H3. The molecule has 1 unspecified atom stereocenters. The van der Waals surface area contributed by atoms with Gasteiger partial charge in [-0.05, 0) is 56.6 Å². The molecule has 1 N–H and O–H groups in total. The number of hydrogen-bond donors (Lipinski definition) is 1. The van der Waals surface area contributed by atoms with Crippen LogP contribution in [-0.4, -0.2) is 51.7 Å². The Bertz CT molecular complexity index is 653. The van der Waals surface area contributed by atoms with Crippen molar-refractivity contribution in [2.75, 3.05) is 32.4 Å². The Labute approximate surface area is 143 Å². The average Bonchev–Trinajstić information content (AvgIpc) is 2.55. The van der Waals surface area contributed by atoms with Crippen LogP contribution in [0.5, 0.6) is 0 Å². The lowest BCUT2D eigenvalue weighted by molar-refractivity contribution is -0.135. The Kier molecular flexibility index (Phi) is 6.34. The normalized spacial score (nSPS) is 17.7. The molecule has 5 nitrogen and oxygen atoms in total. The highest BCUT2D eigenvalue weighted by Crippen LogP contribution is 2.20. The van der Waals surface area contributed by atoms with Gasteiger partial charge in [-0.15, -0.1) is 0 Å². The fourth-order valence-corrected chi connectivity index (χ4v) is 4.64. The zero-order valence-electron chi connectivity index (χ0n) is 14.2. The highest BCUT2D eigenvalue weighted by atomic mass is 32.2. The number of amides is 1. The zero-order chi connectivity index (χ0) is 17.7. The third-order valence-electron chi connectivity index (χ3n) is 4.48. The van der Waals surface area contributed by atoms with Gasteiger partial charge in [0.05, 0.1) is 10.6 Å². The van der Waals surface area contributed by atoms with Crippen molar-refractivity contribution in [2.24, 2.45) is 11.8 Å². The number of nitrogens with one attached hydrogen (secondary N) is 1. The topological polar surface area (TPSA) is 66.5 Å².